The fourth-order valence-corrected chi connectivity index (χ4v) is 2.63. The van der Waals surface area contributed by atoms with E-state index < -0.39 is 0 Å². The third-order valence-electron chi connectivity index (χ3n) is 3.53. The molecule has 2 N–H and O–H groups in total. The third-order valence-corrected chi connectivity index (χ3v) is 3.74. The lowest BCUT2D eigenvalue weighted by molar-refractivity contribution is 0.122. The number of rotatable bonds is 3. The molecule has 0 bridgehead atoms. The normalized spacial score (nSPS) is 14.5. The van der Waals surface area contributed by atoms with Crippen molar-refractivity contribution in [1.82, 2.24) is 0 Å². The highest BCUT2D eigenvalue weighted by Gasteiger charge is 2.10. The molecular formula is C17H19N3OS. The molecule has 1 aliphatic heterocycles. The summed E-state index contributed by atoms with van der Waals surface area (Å²) in [7, 11) is 0. The van der Waals surface area contributed by atoms with Crippen LogP contribution in [0, 0.1) is 0 Å². The summed E-state index contributed by atoms with van der Waals surface area (Å²) >= 11 is 5.33. The third kappa shape index (κ3) is 3.96. The summed E-state index contributed by atoms with van der Waals surface area (Å²) in [6, 6.07) is 18.2. The van der Waals surface area contributed by atoms with Gasteiger partial charge in [-0.3, -0.25) is 0 Å². The summed E-state index contributed by atoms with van der Waals surface area (Å²) in [4.78, 5) is 2.33. The Kier molecular flexibility index (Phi) is 4.88. The molecule has 0 amide bonds. The topological polar surface area (TPSA) is 36.5 Å². The molecule has 0 aliphatic carbocycles. The van der Waals surface area contributed by atoms with E-state index in [-0.39, 0.29) is 0 Å². The lowest BCUT2D eigenvalue weighted by Gasteiger charge is -2.29. The van der Waals surface area contributed by atoms with Gasteiger partial charge in [0, 0.05) is 30.2 Å². The predicted octanol–water partition coefficient (Wildman–Crippen LogP) is 3.33. The molecule has 0 spiro atoms. The van der Waals surface area contributed by atoms with Crippen molar-refractivity contribution in [3.8, 4) is 0 Å². The number of ether oxygens (including phenoxy) is 1. The Labute approximate surface area is 136 Å². The average molecular weight is 313 g/mol. The molecule has 3 rings (SSSR count). The molecule has 114 valence electrons. The molecule has 1 heterocycles. The molecule has 22 heavy (non-hydrogen) atoms. The zero-order valence-electron chi connectivity index (χ0n) is 12.3. The lowest BCUT2D eigenvalue weighted by atomic mass is 10.2. The van der Waals surface area contributed by atoms with E-state index in [9.17, 15) is 0 Å². The minimum atomic E-state index is 0.588. The van der Waals surface area contributed by atoms with E-state index in [4.69, 9.17) is 17.0 Å². The fraction of sp³-hybridized carbons (Fsp3) is 0.235. The van der Waals surface area contributed by atoms with Gasteiger partial charge in [0.05, 0.1) is 13.2 Å². The van der Waals surface area contributed by atoms with Gasteiger partial charge in [0.15, 0.2) is 5.11 Å². The first-order valence-electron chi connectivity index (χ1n) is 7.37. The second kappa shape index (κ2) is 7.24. The van der Waals surface area contributed by atoms with Crippen molar-refractivity contribution in [1.29, 1.82) is 0 Å². The van der Waals surface area contributed by atoms with Crippen molar-refractivity contribution >= 4 is 34.4 Å². The van der Waals surface area contributed by atoms with Crippen molar-refractivity contribution in [2.75, 3.05) is 41.8 Å². The van der Waals surface area contributed by atoms with Gasteiger partial charge in [-0.25, -0.2) is 0 Å². The highest BCUT2D eigenvalue weighted by atomic mass is 32.1. The van der Waals surface area contributed by atoms with Crippen LogP contribution >= 0.6 is 12.2 Å². The smallest absolute Gasteiger partial charge is 0.175 e. The Balaban J connectivity index is 1.57. The summed E-state index contributed by atoms with van der Waals surface area (Å²) in [5.74, 6) is 0. The fourth-order valence-electron chi connectivity index (χ4n) is 2.39. The number of hydrogen-bond donors (Lipinski definition) is 2. The molecule has 0 atom stereocenters. The molecule has 1 saturated heterocycles. The molecule has 0 saturated carbocycles. The number of anilines is 3. The molecule has 0 radical (unpaired) electrons. The van der Waals surface area contributed by atoms with E-state index in [2.05, 4.69) is 27.7 Å². The highest BCUT2D eigenvalue weighted by Crippen LogP contribution is 2.19. The van der Waals surface area contributed by atoms with Gasteiger partial charge in [-0.2, -0.15) is 0 Å². The Morgan fingerprint density at radius 2 is 1.45 bits per heavy atom. The molecule has 0 aromatic heterocycles. The second-order valence-electron chi connectivity index (χ2n) is 5.09. The van der Waals surface area contributed by atoms with E-state index in [1.54, 1.807) is 0 Å². The summed E-state index contributed by atoms with van der Waals surface area (Å²) in [6.07, 6.45) is 0. The van der Waals surface area contributed by atoms with Crippen molar-refractivity contribution < 1.29 is 4.74 Å². The standard InChI is InChI=1S/C17H19N3OS/c22-17(18-14-4-2-1-3-5-14)19-15-6-8-16(9-7-15)20-10-12-21-13-11-20/h1-9H,10-13H2,(H2,18,19,22). The van der Waals surface area contributed by atoms with Crippen LogP contribution in [0.25, 0.3) is 0 Å². The number of para-hydroxylation sites is 1. The van der Waals surface area contributed by atoms with E-state index in [0.717, 1.165) is 37.7 Å². The molecule has 2 aromatic carbocycles. The van der Waals surface area contributed by atoms with E-state index in [1.165, 1.54) is 5.69 Å². The number of thiocarbonyl (C=S) groups is 1. The van der Waals surface area contributed by atoms with Gasteiger partial charge in [0.1, 0.15) is 0 Å². The Morgan fingerprint density at radius 1 is 0.864 bits per heavy atom. The van der Waals surface area contributed by atoms with Gasteiger partial charge in [0.25, 0.3) is 0 Å². The minimum absolute atomic E-state index is 0.588. The predicted molar refractivity (Wildman–Crippen MR) is 95.8 cm³/mol. The van der Waals surface area contributed by atoms with Gasteiger partial charge in [-0.05, 0) is 48.6 Å². The minimum Gasteiger partial charge on any atom is -0.378 e. The van der Waals surface area contributed by atoms with Crippen molar-refractivity contribution in [3.05, 3.63) is 54.6 Å². The van der Waals surface area contributed by atoms with Gasteiger partial charge >= 0.3 is 0 Å². The largest absolute Gasteiger partial charge is 0.378 e. The highest BCUT2D eigenvalue weighted by molar-refractivity contribution is 7.80. The maximum absolute atomic E-state index is 5.37. The quantitative estimate of drug-likeness (QED) is 0.850. The number of hydrogen-bond acceptors (Lipinski definition) is 3. The molecule has 1 fully saturated rings. The van der Waals surface area contributed by atoms with Crippen molar-refractivity contribution in [3.63, 3.8) is 0 Å². The van der Waals surface area contributed by atoms with Crippen LogP contribution in [0.1, 0.15) is 0 Å². The van der Waals surface area contributed by atoms with Crippen LogP contribution in [0.2, 0.25) is 0 Å². The lowest BCUT2D eigenvalue weighted by Crippen LogP contribution is -2.36. The molecule has 5 heteroatoms. The number of nitrogens with zero attached hydrogens (tertiary/aromatic N) is 1. The Bertz CT molecular complexity index is 610. The van der Waals surface area contributed by atoms with Gasteiger partial charge in [-0.15, -0.1) is 0 Å². The maximum atomic E-state index is 5.37. The van der Waals surface area contributed by atoms with Crippen LogP contribution in [0.4, 0.5) is 17.1 Å². The van der Waals surface area contributed by atoms with Crippen LogP contribution in [0.3, 0.4) is 0 Å². The summed E-state index contributed by atoms with van der Waals surface area (Å²) in [6.45, 7) is 3.48. The van der Waals surface area contributed by atoms with Crippen LogP contribution in [-0.4, -0.2) is 31.4 Å². The Hall–Kier alpha value is -2.11. The summed E-state index contributed by atoms with van der Waals surface area (Å²) in [5.41, 5.74) is 3.17. The average Bonchev–Trinajstić information content (AvgIpc) is 2.57. The molecule has 4 nitrogen and oxygen atoms in total. The number of benzene rings is 2. The zero-order valence-corrected chi connectivity index (χ0v) is 13.1. The first-order chi connectivity index (χ1) is 10.8. The maximum Gasteiger partial charge on any atom is 0.175 e. The number of nitrogens with one attached hydrogen (secondary N) is 2. The van der Waals surface area contributed by atoms with Gasteiger partial charge in [-0.1, -0.05) is 18.2 Å². The van der Waals surface area contributed by atoms with Crippen molar-refractivity contribution in [2.45, 2.75) is 0 Å². The first-order valence-corrected chi connectivity index (χ1v) is 7.78. The summed E-state index contributed by atoms with van der Waals surface area (Å²) in [5, 5.41) is 6.95. The second-order valence-corrected chi connectivity index (χ2v) is 5.50. The van der Waals surface area contributed by atoms with Gasteiger partial charge < -0.3 is 20.3 Å². The monoisotopic (exact) mass is 313 g/mol. The zero-order chi connectivity index (χ0) is 15.2. The van der Waals surface area contributed by atoms with E-state index >= 15 is 0 Å². The Morgan fingerprint density at radius 3 is 2.09 bits per heavy atom. The molecular weight excluding hydrogens is 294 g/mol. The van der Waals surface area contributed by atoms with Crippen LogP contribution in [0.15, 0.2) is 54.6 Å². The van der Waals surface area contributed by atoms with Gasteiger partial charge in [0.2, 0.25) is 0 Å². The molecule has 2 aromatic rings. The number of morpholine rings is 1. The van der Waals surface area contributed by atoms with Crippen LogP contribution in [-0.2, 0) is 4.74 Å². The van der Waals surface area contributed by atoms with Crippen molar-refractivity contribution in [2.24, 2.45) is 0 Å². The molecule has 1 aliphatic rings. The van der Waals surface area contributed by atoms with E-state index in [1.807, 2.05) is 42.5 Å². The van der Waals surface area contributed by atoms with Crippen LogP contribution < -0.4 is 15.5 Å². The summed E-state index contributed by atoms with van der Waals surface area (Å²) < 4.78 is 5.37. The molecule has 0 unspecified atom stereocenters. The SMILES string of the molecule is S=C(Nc1ccccc1)Nc1ccc(N2CCOCC2)cc1. The van der Waals surface area contributed by atoms with Crippen LogP contribution in [0.5, 0.6) is 0 Å². The van der Waals surface area contributed by atoms with E-state index in [0.29, 0.717) is 5.11 Å². The first kappa shape index (κ1) is 14.8.